The Kier molecular flexibility index (Phi) is 6.90. The molecule has 0 saturated heterocycles. The molecule has 0 aliphatic heterocycles. The number of benzene rings is 10. The van der Waals surface area contributed by atoms with E-state index in [2.05, 4.69) is 205 Å². The lowest BCUT2D eigenvalue weighted by Crippen LogP contribution is -2.11. The van der Waals surface area contributed by atoms with Crippen LogP contribution in [0, 0.1) is 0 Å². The van der Waals surface area contributed by atoms with Gasteiger partial charge in [-0.05, 0) is 91.0 Å². The average Bonchev–Trinajstić information content (AvgIpc) is 3.64. The van der Waals surface area contributed by atoms with Crippen molar-refractivity contribution in [1.29, 1.82) is 0 Å². The van der Waals surface area contributed by atoms with Crippen molar-refractivity contribution >= 4 is 82.1 Å². The Bertz CT molecular complexity index is 3210. The summed E-state index contributed by atoms with van der Waals surface area (Å²) in [5.74, 6) is 0. The Hall–Kier alpha value is -7.16. The van der Waals surface area contributed by atoms with E-state index in [1.54, 1.807) is 0 Å². The van der Waals surface area contributed by atoms with E-state index >= 15 is 0 Å². The van der Waals surface area contributed by atoms with E-state index in [-0.39, 0.29) is 0 Å². The molecule has 0 unspecified atom stereocenters. The number of hydrogen-bond acceptors (Lipinski definition) is 2. The van der Waals surface area contributed by atoms with Gasteiger partial charge >= 0.3 is 0 Å². The molecule has 1 aromatic heterocycles. The van der Waals surface area contributed by atoms with Gasteiger partial charge in [0.05, 0.1) is 16.8 Å². The summed E-state index contributed by atoms with van der Waals surface area (Å²) >= 11 is 0. The molecular formula is C52H33NO. The van der Waals surface area contributed by atoms with E-state index < -0.39 is 0 Å². The summed E-state index contributed by atoms with van der Waals surface area (Å²) in [7, 11) is 0. The average molecular weight is 688 g/mol. The smallest absolute Gasteiger partial charge is 0.143 e. The van der Waals surface area contributed by atoms with Gasteiger partial charge < -0.3 is 9.32 Å². The van der Waals surface area contributed by atoms with Crippen LogP contribution in [-0.4, -0.2) is 0 Å². The SMILES string of the molecule is c1ccc(-c2c(-c3ccccc3)c3cc(N(c4cccc5ccccc45)c4cccc5oc6c7ccccc7ccc6c45)ccc3c3ccccc23)cc1. The van der Waals surface area contributed by atoms with Crippen molar-refractivity contribution in [2.24, 2.45) is 0 Å². The normalized spacial score (nSPS) is 11.7. The van der Waals surface area contributed by atoms with Crippen LogP contribution in [0.15, 0.2) is 205 Å². The van der Waals surface area contributed by atoms with E-state index in [1.807, 2.05) is 0 Å². The molecule has 11 aromatic rings. The van der Waals surface area contributed by atoms with E-state index in [9.17, 15) is 0 Å². The highest BCUT2D eigenvalue weighted by atomic mass is 16.3. The van der Waals surface area contributed by atoms with Gasteiger partial charge in [0.2, 0.25) is 0 Å². The first kappa shape index (κ1) is 30.5. The number of nitrogens with zero attached hydrogens (tertiary/aromatic N) is 1. The fraction of sp³-hybridized carbons (Fsp3) is 0. The van der Waals surface area contributed by atoms with Gasteiger partial charge in [-0.15, -0.1) is 0 Å². The van der Waals surface area contributed by atoms with Crippen molar-refractivity contribution in [1.82, 2.24) is 0 Å². The maximum Gasteiger partial charge on any atom is 0.143 e. The third-order valence-electron chi connectivity index (χ3n) is 11.0. The highest BCUT2D eigenvalue weighted by Crippen LogP contribution is 2.49. The van der Waals surface area contributed by atoms with Gasteiger partial charge in [0.15, 0.2) is 0 Å². The van der Waals surface area contributed by atoms with Gasteiger partial charge in [0.25, 0.3) is 0 Å². The molecule has 1 heterocycles. The van der Waals surface area contributed by atoms with Crippen molar-refractivity contribution < 1.29 is 4.42 Å². The molecule has 0 radical (unpaired) electrons. The largest absolute Gasteiger partial charge is 0.455 e. The molecule has 0 bridgehead atoms. The number of anilines is 3. The molecule has 0 aliphatic rings. The molecule has 2 nitrogen and oxygen atoms in total. The molecule has 0 fully saturated rings. The van der Waals surface area contributed by atoms with Crippen molar-refractivity contribution in [3.05, 3.63) is 200 Å². The molecular weight excluding hydrogens is 655 g/mol. The van der Waals surface area contributed by atoms with Crippen molar-refractivity contribution in [3.8, 4) is 22.3 Å². The summed E-state index contributed by atoms with van der Waals surface area (Å²) in [6.45, 7) is 0. The molecule has 2 heteroatoms. The maximum atomic E-state index is 6.75. The molecule has 0 N–H and O–H groups in total. The second kappa shape index (κ2) is 12.2. The zero-order valence-electron chi connectivity index (χ0n) is 29.4. The molecule has 0 aliphatic carbocycles. The lowest BCUT2D eigenvalue weighted by atomic mass is 9.85. The fourth-order valence-corrected chi connectivity index (χ4v) is 8.66. The number of rotatable bonds is 5. The minimum atomic E-state index is 0.868. The molecule has 0 spiro atoms. The van der Waals surface area contributed by atoms with Gasteiger partial charge in [-0.2, -0.15) is 0 Å². The first-order chi connectivity index (χ1) is 26.8. The van der Waals surface area contributed by atoms with Crippen LogP contribution in [0.5, 0.6) is 0 Å². The third kappa shape index (κ3) is 4.67. The lowest BCUT2D eigenvalue weighted by molar-refractivity contribution is 0.672. The second-order valence-corrected chi connectivity index (χ2v) is 14.0. The topological polar surface area (TPSA) is 16.4 Å². The van der Waals surface area contributed by atoms with Crippen molar-refractivity contribution in [3.63, 3.8) is 0 Å². The van der Waals surface area contributed by atoms with E-state index in [0.717, 1.165) is 44.4 Å². The van der Waals surface area contributed by atoms with Crippen LogP contribution in [0.4, 0.5) is 17.1 Å². The fourth-order valence-electron chi connectivity index (χ4n) is 8.66. The zero-order chi connectivity index (χ0) is 35.6. The molecule has 10 aromatic carbocycles. The van der Waals surface area contributed by atoms with E-state index in [0.29, 0.717) is 0 Å². The summed E-state index contributed by atoms with van der Waals surface area (Å²) in [4.78, 5) is 2.44. The third-order valence-corrected chi connectivity index (χ3v) is 11.0. The van der Waals surface area contributed by atoms with Crippen LogP contribution in [0.2, 0.25) is 0 Å². The zero-order valence-corrected chi connectivity index (χ0v) is 29.4. The second-order valence-electron chi connectivity index (χ2n) is 14.0. The Morgan fingerprint density at radius 1 is 0.333 bits per heavy atom. The highest BCUT2D eigenvalue weighted by Gasteiger charge is 2.24. The minimum Gasteiger partial charge on any atom is -0.455 e. The van der Waals surface area contributed by atoms with E-state index in [4.69, 9.17) is 4.42 Å². The summed E-state index contributed by atoms with van der Waals surface area (Å²) in [6.07, 6.45) is 0. The van der Waals surface area contributed by atoms with Crippen LogP contribution in [0.1, 0.15) is 0 Å². The summed E-state index contributed by atoms with van der Waals surface area (Å²) in [5.41, 5.74) is 9.91. The molecule has 252 valence electrons. The molecule has 0 atom stereocenters. The van der Waals surface area contributed by atoms with Gasteiger partial charge in [-0.3, -0.25) is 0 Å². The number of hydrogen-bond donors (Lipinski definition) is 0. The van der Waals surface area contributed by atoms with Crippen LogP contribution in [-0.2, 0) is 0 Å². The first-order valence-corrected chi connectivity index (χ1v) is 18.5. The molecule has 0 saturated carbocycles. The monoisotopic (exact) mass is 687 g/mol. The predicted octanol–water partition coefficient (Wildman–Crippen LogP) is 15.0. The Labute approximate surface area is 312 Å². The number of fused-ring (bicyclic) bond motifs is 9. The molecule has 11 rings (SSSR count). The lowest BCUT2D eigenvalue weighted by Gasteiger charge is -2.28. The summed E-state index contributed by atoms with van der Waals surface area (Å²) in [6, 6.07) is 72.3. The van der Waals surface area contributed by atoms with Gasteiger partial charge in [-0.25, -0.2) is 0 Å². The maximum absolute atomic E-state index is 6.75. The van der Waals surface area contributed by atoms with Crippen LogP contribution in [0.25, 0.3) is 87.3 Å². The molecule has 54 heavy (non-hydrogen) atoms. The van der Waals surface area contributed by atoms with Crippen molar-refractivity contribution in [2.75, 3.05) is 4.90 Å². The summed E-state index contributed by atoms with van der Waals surface area (Å²) in [5, 5.41) is 11.8. The quantitative estimate of drug-likeness (QED) is 0.168. The van der Waals surface area contributed by atoms with Gasteiger partial charge in [-0.1, -0.05) is 164 Å². The van der Waals surface area contributed by atoms with Gasteiger partial charge in [0, 0.05) is 21.8 Å². The standard InChI is InChI=1S/C52H33NO/c1-3-17-36(18-4-1)49-43-25-12-11-24-41(43)42-32-30-38(33-45(42)50(49)37-19-5-2-6-20-37)53(46-26-13-21-34-15-7-9-22-39(34)46)47-27-14-28-48-51(47)44-31-29-35-16-8-10-23-40(35)52(44)54-48/h1-33H. The van der Waals surface area contributed by atoms with Crippen LogP contribution >= 0.6 is 0 Å². The van der Waals surface area contributed by atoms with Crippen LogP contribution < -0.4 is 4.90 Å². The Morgan fingerprint density at radius 2 is 0.870 bits per heavy atom. The van der Waals surface area contributed by atoms with Gasteiger partial charge in [0.1, 0.15) is 11.2 Å². The Balaban J connectivity index is 1.28. The minimum absolute atomic E-state index is 0.868. The van der Waals surface area contributed by atoms with Crippen molar-refractivity contribution in [2.45, 2.75) is 0 Å². The highest BCUT2D eigenvalue weighted by molar-refractivity contribution is 6.23. The first-order valence-electron chi connectivity index (χ1n) is 18.5. The Morgan fingerprint density at radius 3 is 1.63 bits per heavy atom. The van der Waals surface area contributed by atoms with E-state index in [1.165, 1.54) is 60.0 Å². The molecule has 0 amide bonds. The summed E-state index contributed by atoms with van der Waals surface area (Å²) < 4.78 is 6.75. The van der Waals surface area contributed by atoms with Crippen LogP contribution in [0.3, 0.4) is 0 Å². The number of furan rings is 1. The predicted molar refractivity (Wildman–Crippen MR) is 229 cm³/mol.